The molecule has 2 rings (SSSR count). The van der Waals surface area contributed by atoms with Crippen LogP contribution in [0.3, 0.4) is 0 Å². The Morgan fingerprint density at radius 3 is 2.34 bits per heavy atom. The Balaban J connectivity index is 2.08. The molecule has 0 saturated carbocycles. The van der Waals surface area contributed by atoms with Crippen LogP contribution in [0, 0.1) is 5.92 Å². The summed E-state index contributed by atoms with van der Waals surface area (Å²) in [6.45, 7) is 7.85. The zero-order chi connectivity index (χ0) is 22.0. The predicted molar refractivity (Wildman–Crippen MR) is 102 cm³/mol. The smallest absolute Gasteiger partial charge is 0.416 e. The number of hydrogen-bond donors (Lipinski definition) is 0. The predicted octanol–water partition coefficient (Wildman–Crippen LogP) is 4.70. The molecule has 1 fully saturated rings. The molecule has 0 aliphatic carbocycles. The Bertz CT molecular complexity index is 768. The Morgan fingerprint density at radius 2 is 1.83 bits per heavy atom. The van der Waals surface area contributed by atoms with Crippen LogP contribution >= 0.6 is 11.6 Å². The third kappa shape index (κ3) is 6.60. The molecule has 0 radical (unpaired) electrons. The first-order valence-corrected chi connectivity index (χ1v) is 9.69. The number of nitrogens with zero attached hydrogens (tertiary/aromatic N) is 1. The monoisotopic (exact) mass is 435 g/mol. The fourth-order valence-electron chi connectivity index (χ4n) is 3.16. The lowest BCUT2D eigenvalue weighted by atomic mass is 9.94. The van der Waals surface area contributed by atoms with Crippen molar-refractivity contribution in [3.8, 4) is 0 Å². The number of carbonyl (C=O) groups excluding carboxylic acids is 2. The third-order valence-corrected chi connectivity index (χ3v) is 4.64. The number of carbonyl (C=O) groups is 2. The molecule has 1 aromatic carbocycles. The lowest BCUT2D eigenvalue weighted by molar-refractivity contribution is -0.157. The van der Waals surface area contributed by atoms with Crippen LogP contribution in [0.25, 0.3) is 0 Å². The van der Waals surface area contributed by atoms with Crippen molar-refractivity contribution in [2.75, 3.05) is 19.7 Å². The zero-order valence-corrected chi connectivity index (χ0v) is 17.6. The first-order chi connectivity index (χ1) is 13.3. The van der Waals surface area contributed by atoms with Gasteiger partial charge in [-0.2, -0.15) is 13.2 Å². The normalized spacial score (nSPS) is 15.7. The van der Waals surface area contributed by atoms with Gasteiger partial charge in [0.1, 0.15) is 5.60 Å². The highest BCUT2D eigenvalue weighted by Crippen LogP contribution is 2.38. The van der Waals surface area contributed by atoms with Gasteiger partial charge in [-0.25, -0.2) is 4.79 Å². The van der Waals surface area contributed by atoms with Crippen molar-refractivity contribution in [1.29, 1.82) is 0 Å². The first kappa shape index (κ1) is 23.5. The van der Waals surface area contributed by atoms with Crippen LogP contribution in [-0.2, 0) is 27.0 Å². The van der Waals surface area contributed by atoms with E-state index in [4.69, 9.17) is 21.1 Å². The summed E-state index contributed by atoms with van der Waals surface area (Å²) >= 11 is 6.09. The molecule has 0 atom stereocenters. The molecule has 0 unspecified atom stereocenters. The topological polar surface area (TPSA) is 55.8 Å². The number of alkyl halides is 3. The summed E-state index contributed by atoms with van der Waals surface area (Å²) in [5, 5.41) is -0.140. The van der Waals surface area contributed by atoms with Gasteiger partial charge in [-0.15, -0.1) is 0 Å². The van der Waals surface area contributed by atoms with E-state index >= 15 is 0 Å². The Morgan fingerprint density at radius 1 is 1.21 bits per heavy atom. The molecular formula is C20H25ClF3NO4. The highest BCUT2D eigenvalue weighted by Gasteiger charge is 2.38. The minimum Gasteiger partial charge on any atom is -0.462 e. The zero-order valence-electron chi connectivity index (χ0n) is 16.9. The lowest BCUT2D eigenvalue weighted by Gasteiger charge is -2.39. The molecule has 0 N–H and O–H groups in total. The van der Waals surface area contributed by atoms with E-state index in [1.54, 1.807) is 32.6 Å². The van der Waals surface area contributed by atoms with Gasteiger partial charge in [0.05, 0.1) is 24.2 Å². The molecule has 1 saturated heterocycles. The van der Waals surface area contributed by atoms with E-state index in [2.05, 4.69) is 0 Å². The van der Waals surface area contributed by atoms with E-state index in [1.807, 2.05) is 0 Å². The second-order valence-electron chi connectivity index (χ2n) is 8.05. The van der Waals surface area contributed by atoms with Crippen LogP contribution in [0.5, 0.6) is 0 Å². The number of hydrogen-bond acceptors (Lipinski definition) is 5. The first-order valence-electron chi connectivity index (χ1n) is 9.31. The fourth-order valence-corrected chi connectivity index (χ4v) is 3.44. The minimum absolute atomic E-state index is 0.0248. The van der Waals surface area contributed by atoms with Crippen LogP contribution in [0.1, 0.15) is 55.6 Å². The summed E-state index contributed by atoms with van der Waals surface area (Å²) in [5.74, 6) is -1.15. The van der Waals surface area contributed by atoms with E-state index < -0.39 is 23.3 Å². The molecule has 9 heteroatoms. The molecule has 1 aliphatic heterocycles. The van der Waals surface area contributed by atoms with Crippen molar-refractivity contribution in [3.05, 3.63) is 33.8 Å². The second-order valence-corrected chi connectivity index (χ2v) is 8.46. The molecule has 1 aliphatic rings. The highest BCUT2D eigenvalue weighted by atomic mass is 35.5. The van der Waals surface area contributed by atoms with Crippen molar-refractivity contribution in [3.63, 3.8) is 0 Å². The highest BCUT2D eigenvalue weighted by molar-refractivity contribution is 6.31. The van der Waals surface area contributed by atoms with Crippen LogP contribution in [0.4, 0.5) is 13.2 Å². The maximum atomic E-state index is 13.5. The average molecular weight is 436 g/mol. The molecule has 0 aromatic heterocycles. The molecule has 162 valence electrons. The summed E-state index contributed by atoms with van der Waals surface area (Å²) in [5.41, 5.74) is -1.86. The molecule has 1 heterocycles. The lowest BCUT2D eigenvalue weighted by Crippen LogP contribution is -2.47. The summed E-state index contributed by atoms with van der Waals surface area (Å²) in [7, 11) is 0. The molecule has 0 spiro atoms. The fraction of sp³-hybridized carbons (Fsp3) is 0.600. The van der Waals surface area contributed by atoms with Crippen molar-refractivity contribution in [1.82, 2.24) is 4.90 Å². The summed E-state index contributed by atoms with van der Waals surface area (Å²) < 4.78 is 50.7. The van der Waals surface area contributed by atoms with Crippen LogP contribution in [0.15, 0.2) is 12.1 Å². The van der Waals surface area contributed by atoms with Crippen molar-refractivity contribution >= 4 is 23.5 Å². The summed E-state index contributed by atoms with van der Waals surface area (Å²) in [4.78, 5) is 25.5. The second kappa shape index (κ2) is 8.92. The van der Waals surface area contributed by atoms with Gasteiger partial charge in [0.25, 0.3) is 0 Å². The van der Waals surface area contributed by atoms with Crippen LogP contribution in [0.2, 0.25) is 5.02 Å². The number of benzene rings is 1. The molecule has 29 heavy (non-hydrogen) atoms. The van der Waals surface area contributed by atoms with Crippen LogP contribution in [-0.4, -0.2) is 42.1 Å². The van der Waals surface area contributed by atoms with Gasteiger partial charge >= 0.3 is 18.1 Å². The SMILES string of the molecule is CCOC(=O)c1cc(Cl)c(CN2CC(CC(=O)OC(C)(C)C)C2)c(C(F)(F)F)c1. The average Bonchev–Trinajstić information content (AvgIpc) is 2.51. The van der Waals surface area contributed by atoms with Crippen molar-refractivity contribution in [2.24, 2.45) is 5.92 Å². The summed E-state index contributed by atoms with van der Waals surface area (Å²) in [6, 6.07) is 1.97. The molecular weight excluding hydrogens is 411 g/mol. The molecule has 0 amide bonds. The van der Waals surface area contributed by atoms with E-state index in [-0.39, 0.29) is 47.6 Å². The number of rotatable bonds is 6. The minimum atomic E-state index is -4.66. The third-order valence-electron chi connectivity index (χ3n) is 4.30. The maximum absolute atomic E-state index is 13.5. The molecule has 0 bridgehead atoms. The van der Waals surface area contributed by atoms with Gasteiger partial charge in [0.15, 0.2) is 0 Å². The Labute approximate surface area is 173 Å². The van der Waals surface area contributed by atoms with E-state index in [0.717, 1.165) is 6.07 Å². The van der Waals surface area contributed by atoms with Gasteiger partial charge < -0.3 is 9.47 Å². The van der Waals surface area contributed by atoms with Gasteiger partial charge in [0, 0.05) is 24.7 Å². The van der Waals surface area contributed by atoms with E-state index in [9.17, 15) is 22.8 Å². The molecule has 1 aromatic rings. The van der Waals surface area contributed by atoms with Crippen LogP contribution < -0.4 is 0 Å². The number of ether oxygens (including phenoxy) is 2. The number of likely N-dealkylation sites (tertiary alicyclic amines) is 1. The van der Waals surface area contributed by atoms with Gasteiger partial charge in [0.2, 0.25) is 0 Å². The quantitative estimate of drug-likeness (QED) is 0.606. The standard InChI is InChI=1S/C20H25ClF3NO4/c1-5-28-18(27)13-7-15(20(22,23)24)14(16(21)8-13)11-25-9-12(10-25)6-17(26)29-19(2,3)4/h7-8,12H,5-6,9-11H2,1-4H3. The van der Waals surface area contributed by atoms with Crippen molar-refractivity contribution < 1.29 is 32.2 Å². The van der Waals surface area contributed by atoms with E-state index in [1.165, 1.54) is 6.07 Å². The number of esters is 2. The maximum Gasteiger partial charge on any atom is 0.416 e. The van der Waals surface area contributed by atoms with Gasteiger partial charge in [-0.3, -0.25) is 9.69 Å². The largest absolute Gasteiger partial charge is 0.462 e. The molecule has 5 nitrogen and oxygen atoms in total. The number of halogens is 4. The summed E-state index contributed by atoms with van der Waals surface area (Å²) in [6.07, 6.45) is -4.45. The van der Waals surface area contributed by atoms with E-state index in [0.29, 0.717) is 13.1 Å². The Hall–Kier alpha value is -1.80. The Kier molecular flexibility index (Phi) is 7.22. The van der Waals surface area contributed by atoms with Gasteiger partial charge in [-0.05, 0) is 51.3 Å². The van der Waals surface area contributed by atoms with Gasteiger partial charge in [-0.1, -0.05) is 11.6 Å². The van der Waals surface area contributed by atoms with Crippen molar-refractivity contribution in [2.45, 2.75) is 52.4 Å².